The average molecular weight is 435 g/mol. The van der Waals surface area contributed by atoms with Gasteiger partial charge in [-0.15, -0.1) is 0 Å². The number of hydrogen-bond acceptors (Lipinski definition) is 8. The van der Waals surface area contributed by atoms with Crippen molar-refractivity contribution in [1.29, 1.82) is 0 Å². The number of amides is 1. The van der Waals surface area contributed by atoms with Crippen molar-refractivity contribution < 1.29 is 19.2 Å². The first-order valence-electron chi connectivity index (χ1n) is 9.62. The largest absolute Gasteiger partial charge is 0.489 e. The van der Waals surface area contributed by atoms with Crippen LogP contribution in [0.15, 0.2) is 59.7 Å². The summed E-state index contributed by atoms with van der Waals surface area (Å²) in [6.07, 6.45) is 1.48. The van der Waals surface area contributed by atoms with Crippen LogP contribution in [0.1, 0.15) is 22.5 Å². The minimum absolute atomic E-state index is 0.0286. The van der Waals surface area contributed by atoms with Crippen molar-refractivity contribution in [3.05, 3.63) is 87.2 Å². The summed E-state index contributed by atoms with van der Waals surface area (Å²) < 4.78 is 11.0. The van der Waals surface area contributed by atoms with E-state index in [0.29, 0.717) is 11.3 Å². The van der Waals surface area contributed by atoms with Crippen LogP contribution in [0.5, 0.6) is 11.8 Å². The van der Waals surface area contributed by atoms with Gasteiger partial charge in [0.15, 0.2) is 6.61 Å². The van der Waals surface area contributed by atoms with Crippen LogP contribution in [0.25, 0.3) is 0 Å². The Morgan fingerprint density at radius 3 is 2.50 bits per heavy atom. The predicted octanol–water partition coefficient (Wildman–Crippen LogP) is 3.11. The molecule has 2 aromatic carbocycles. The number of hydrazone groups is 1. The molecule has 0 aliphatic heterocycles. The Labute approximate surface area is 184 Å². The molecule has 0 saturated heterocycles. The van der Waals surface area contributed by atoms with Crippen molar-refractivity contribution in [2.75, 3.05) is 6.61 Å². The topological polar surface area (TPSA) is 129 Å². The molecule has 0 bridgehead atoms. The lowest BCUT2D eigenvalue weighted by Crippen LogP contribution is -2.25. The Bertz CT molecular complexity index is 1110. The highest BCUT2D eigenvalue weighted by Crippen LogP contribution is 2.16. The molecule has 0 aliphatic rings. The monoisotopic (exact) mass is 435 g/mol. The van der Waals surface area contributed by atoms with Crippen molar-refractivity contribution in [3.8, 4) is 11.8 Å². The van der Waals surface area contributed by atoms with E-state index in [9.17, 15) is 14.9 Å². The predicted molar refractivity (Wildman–Crippen MR) is 117 cm³/mol. The Balaban J connectivity index is 1.48. The molecule has 0 spiro atoms. The van der Waals surface area contributed by atoms with Gasteiger partial charge < -0.3 is 9.47 Å². The van der Waals surface area contributed by atoms with Crippen LogP contribution in [-0.4, -0.2) is 33.6 Å². The molecule has 0 fully saturated rings. The normalized spacial score (nSPS) is 10.7. The van der Waals surface area contributed by atoms with E-state index in [1.807, 2.05) is 13.8 Å². The molecular formula is C22H21N5O5. The summed E-state index contributed by atoms with van der Waals surface area (Å²) in [5.74, 6) is 0.142. The molecule has 3 aromatic rings. The van der Waals surface area contributed by atoms with Crippen LogP contribution in [0.3, 0.4) is 0 Å². The molecular weight excluding hydrogens is 414 g/mol. The van der Waals surface area contributed by atoms with Crippen molar-refractivity contribution >= 4 is 17.8 Å². The summed E-state index contributed by atoms with van der Waals surface area (Å²) >= 11 is 0. The Hall–Kier alpha value is -4.34. The third-order valence-electron chi connectivity index (χ3n) is 4.11. The van der Waals surface area contributed by atoms with E-state index in [4.69, 9.17) is 9.47 Å². The van der Waals surface area contributed by atoms with Gasteiger partial charge in [0, 0.05) is 23.5 Å². The number of nitrogens with one attached hydrogen (secondary N) is 1. The SMILES string of the molecule is Cc1cc(C)nc(OCC(=O)N/N=C/c2cccc(OCc3ccc([N+](=O)[O-])cc3)c2)n1. The zero-order chi connectivity index (χ0) is 22.9. The number of aromatic nitrogens is 2. The number of nitrogens with zero attached hydrogens (tertiary/aromatic N) is 4. The molecule has 1 N–H and O–H groups in total. The minimum Gasteiger partial charge on any atom is -0.489 e. The van der Waals surface area contributed by atoms with Gasteiger partial charge in [-0.25, -0.2) is 15.4 Å². The highest BCUT2D eigenvalue weighted by Gasteiger charge is 2.06. The van der Waals surface area contributed by atoms with Gasteiger partial charge in [0.1, 0.15) is 12.4 Å². The molecule has 0 saturated carbocycles. The van der Waals surface area contributed by atoms with E-state index in [0.717, 1.165) is 17.0 Å². The number of carbonyl (C=O) groups excluding carboxylic acids is 1. The molecule has 3 rings (SSSR count). The molecule has 10 nitrogen and oxygen atoms in total. The van der Waals surface area contributed by atoms with Crippen molar-refractivity contribution in [1.82, 2.24) is 15.4 Å². The van der Waals surface area contributed by atoms with Crippen molar-refractivity contribution in [3.63, 3.8) is 0 Å². The van der Waals surface area contributed by atoms with Gasteiger partial charge in [-0.3, -0.25) is 14.9 Å². The molecule has 0 aliphatic carbocycles. The van der Waals surface area contributed by atoms with Crippen molar-refractivity contribution in [2.45, 2.75) is 20.5 Å². The van der Waals surface area contributed by atoms with Crippen LogP contribution >= 0.6 is 0 Å². The lowest BCUT2D eigenvalue weighted by molar-refractivity contribution is -0.384. The first-order chi connectivity index (χ1) is 15.4. The smallest absolute Gasteiger partial charge is 0.317 e. The summed E-state index contributed by atoms with van der Waals surface area (Å²) in [6.45, 7) is 3.62. The van der Waals surface area contributed by atoms with Gasteiger partial charge >= 0.3 is 6.01 Å². The number of aryl methyl sites for hydroxylation is 2. The molecule has 0 unspecified atom stereocenters. The number of ether oxygens (including phenoxy) is 2. The lowest BCUT2D eigenvalue weighted by atomic mass is 10.2. The van der Waals surface area contributed by atoms with Gasteiger partial charge in [-0.05, 0) is 55.3 Å². The van der Waals surface area contributed by atoms with Crippen LogP contribution in [0, 0.1) is 24.0 Å². The van der Waals surface area contributed by atoms with E-state index in [1.165, 1.54) is 18.3 Å². The van der Waals surface area contributed by atoms with E-state index in [1.54, 1.807) is 42.5 Å². The first-order valence-corrected chi connectivity index (χ1v) is 9.62. The zero-order valence-electron chi connectivity index (χ0n) is 17.5. The summed E-state index contributed by atoms with van der Waals surface area (Å²) in [7, 11) is 0. The first kappa shape index (κ1) is 22.3. The van der Waals surface area contributed by atoms with Gasteiger partial charge in [0.05, 0.1) is 11.1 Å². The molecule has 1 aromatic heterocycles. The summed E-state index contributed by atoms with van der Waals surface area (Å²) in [4.78, 5) is 30.4. The van der Waals surface area contributed by atoms with E-state index in [2.05, 4.69) is 20.5 Å². The van der Waals surface area contributed by atoms with E-state index in [-0.39, 0.29) is 24.9 Å². The fourth-order valence-corrected chi connectivity index (χ4v) is 2.66. The maximum absolute atomic E-state index is 11.9. The molecule has 1 amide bonds. The lowest BCUT2D eigenvalue weighted by Gasteiger charge is -2.07. The van der Waals surface area contributed by atoms with Crippen LogP contribution < -0.4 is 14.9 Å². The van der Waals surface area contributed by atoms with E-state index < -0.39 is 10.8 Å². The Morgan fingerprint density at radius 1 is 1.09 bits per heavy atom. The maximum Gasteiger partial charge on any atom is 0.317 e. The van der Waals surface area contributed by atoms with Crippen molar-refractivity contribution in [2.24, 2.45) is 5.10 Å². The van der Waals surface area contributed by atoms with Gasteiger partial charge in [0.25, 0.3) is 11.6 Å². The summed E-state index contributed by atoms with van der Waals surface area (Å²) in [5.41, 5.74) is 5.42. The Kier molecular flexibility index (Phi) is 7.42. The molecule has 32 heavy (non-hydrogen) atoms. The standard InChI is InChI=1S/C22H21N5O5/c1-15-10-16(2)25-22(24-15)32-14-21(28)26-23-12-18-4-3-5-20(11-18)31-13-17-6-8-19(9-7-17)27(29)30/h3-12H,13-14H2,1-2H3,(H,26,28)/b23-12+. The number of hydrogen-bond donors (Lipinski definition) is 1. The highest BCUT2D eigenvalue weighted by molar-refractivity contribution is 5.83. The van der Waals surface area contributed by atoms with E-state index >= 15 is 0 Å². The van der Waals surface area contributed by atoms with Crippen LogP contribution in [-0.2, 0) is 11.4 Å². The number of nitro groups is 1. The summed E-state index contributed by atoms with van der Waals surface area (Å²) in [6, 6.07) is 15.2. The third kappa shape index (κ3) is 6.87. The summed E-state index contributed by atoms with van der Waals surface area (Å²) in [5, 5.41) is 14.6. The number of nitro benzene ring substituents is 1. The fourth-order valence-electron chi connectivity index (χ4n) is 2.66. The number of benzene rings is 2. The second kappa shape index (κ2) is 10.6. The minimum atomic E-state index is -0.449. The Morgan fingerprint density at radius 2 is 1.81 bits per heavy atom. The second-order valence-corrected chi connectivity index (χ2v) is 6.80. The number of non-ortho nitro benzene ring substituents is 1. The number of rotatable bonds is 9. The molecule has 0 atom stereocenters. The van der Waals surface area contributed by atoms with Crippen LogP contribution in [0.2, 0.25) is 0 Å². The van der Waals surface area contributed by atoms with Gasteiger partial charge in [-0.1, -0.05) is 12.1 Å². The fraction of sp³-hybridized carbons (Fsp3) is 0.182. The van der Waals surface area contributed by atoms with Crippen LogP contribution in [0.4, 0.5) is 5.69 Å². The highest BCUT2D eigenvalue weighted by atomic mass is 16.6. The third-order valence-corrected chi connectivity index (χ3v) is 4.11. The average Bonchev–Trinajstić information content (AvgIpc) is 2.76. The second-order valence-electron chi connectivity index (χ2n) is 6.80. The zero-order valence-corrected chi connectivity index (χ0v) is 17.5. The quantitative estimate of drug-likeness (QED) is 0.311. The van der Waals surface area contributed by atoms with Gasteiger partial charge in [-0.2, -0.15) is 5.10 Å². The molecule has 0 radical (unpaired) electrons. The molecule has 164 valence electrons. The number of carbonyl (C=O) groups is 1. The molecule has 10 heteroatoms. The van der Waals surface area contributed by atoms with Gasteiger partial charge in [0.2, 0.25) is 0 Å². The maximum atomic E-state index is 11.9. The molecule has 1 heterocycles.